The van der Waals surface area contributed by atoms with Gasteiger partial charge in [-0.25, -0.2) is 4.39 Å². The Labute approximate surface area is 101 Å². The van der Waals surface area contributed by atoms with Gasteiger partial charge in [-0.15, -0.1) is 0 Å². The molecule has 0 radical (unpaired) electrons. The Hall–Kier alpha value is -1.42. The van der Waals surface area contributed by atoms with Gasteiger partial charge in [-0.1, -0.05) is 19.1 Å². The first-order valence-corrected chi connectivity index (χ1v) is 5.78. The molecule has 4 heteroatoms. The van der Waals surface area contributed by atoms with Crippen LogP contribution in [0, 0.1) is 5.82 Å². The molecule has 0 bridgehead atoms. The highest BCUT2D eigenvalue weighted by molar-refractivity contribution is 5.71. The second-order valence-corrected chi connectivity index (χ2v) is 3.73. The molecule has 0 saturated heterocycles. The van der Waals surface area contributed by atoms with E-state index in [0.29, 0.717) is 13.2 Å². The summed E-state index contributed by atoms with van der Waals surface area (Å²) >= 11 is 0. The van der Waals surface area contributed by atoms with Crippen LogP contribution in [0.2, 0.25) is 0 Å². The van der Waals surface area contributed by atoms with Crippen LogP contribution in [0.15, 0.2) is 24.3 Å². The monoisotopic (exact) mass is 239 g/mol. The minimum atomic E-state index is -0.248. The van der Waals surface area contributed by atoms with Gasteiger partial charge in [0.05, 0.1) is 13.2 Å². The van der Waals surface area contributed by atoms with Crippen LogP contribution in [0.5, 0.6) is 0 Å². The number of carbonyl (C=O) groups excluding carboxylic acids is 1. The summed E-state index contributed by atoms with van der Waals surface area (Å²) in [4.78, 5) is 13.3. The van der Waals surface area contributed by atoms with E-state index in [4.69, 9.17) is 4.74 Å². The van der Waals surface area contributed by atoms with Crippen molar-refractivity contribution in [1.29, 1.82) is 0 Å². The number of likely N-dealkylation sites (N-methyl/N-ethyl adjacent to an activating group) is 1. The SMILES string of the molecule is CCOC(=O)CN(CC)Cc1ccc(F)cc1. The van der Waals surface area contributed by atoms with Gasteiger partial charge in [0.25, 0.3) is 0 Å². The molecule has 0 aliphatic rings. The molecular weight excluding hydrogens is 221 g/mol. The predicted octanol–water partition coefficient (Wildman–Crippen LogP) is 2.21. The fourth-order valence-electron chi connectivity index (χ4n) is 1.52. The van der Waals surface area contributed by atoms with Crippen LogP contribution < -0.4 is 0 Å². The third-order valence-electron chi connectivity index (χ3n) is 2.42. The highest BCUT2D eigenvalue weighted by atomic mass is 19.1. The Morgan fingerprint density at radius 1 is 1.29 bits per heavy atom. The van der Waals surface area contributed by atoms with Crippen LogP contribution in [0.1, 0.15) is 19.4 Å². The summed E-state index contributed by atoms with van der Waals surface area (Å²) in [7, 11) is 0. The van der Waals surface area contributed by atoms with Gasteiger partial charge in [-0.2, -0.15) is 0 Å². The molecule has 0 amide bonds. The second-order valence-electron chi connectivity index (χ2n) is 3.73. The van der Waals surface area contributed by atoms with Crippen molar-refractivity contribution in [2.45, 2.75) is 20.4 Å². The molecule has 0 aliphatic heterocycles. The Balaban J connectivity index is 2.51. The van der Waals surface area contributed by atoms with Gasteiger partial charge in [0, 0.05) is 6.54 Å². The molecule has 17 heavy (non-hydrogen) atoms. The van der Waals surface area contributed by atoms with E-state index in [0.717, 1.165) is 12.1 Å². The molecule has 0 N–H and O–H groups in total. The van der Waals surface area contributed by atoms with Crippen LogP contribution in [0.25, 0.3) is 0 Å². The molecular formula is C13H18FNO2. The lowest BCUT2D eigenvalue weighted by Gasteiger charge is -2.19. The lowest BCUT2D eigenvalue weighted by Crippen LogP contribution is -2.30. The number of benzene rings is 1. The van der Waals surface area contributed by atoms with Crippen molar-refractivity contribution >= 4 is 5.97 Å². The van der Waals surface area contributed by atoms with Gasteiger partial charge in [0.2, 0.25) is 0 Å². The van der Waals surface area contributed by atoms with Crippen LogP contribution in [0.4, 0.5) is 4.39 Å². The van der Waals surface area contributed by atoms with Gasteiger partial charge >= 0.3 is 5.97 Å². The average Bonchev–Trinajstić information content (AvgIpc) is 2.31. The van der Waals surface area contributed by atoms with Crippen molar-refractivity contribution in [3.05, 3.63) is 35.6 Å². The first-order valence-electron chi connectivity index (χ1n) is 5.78. The molecule has 0 unspecified atom stereocenters. The molecule has 3 nitrogen and oxygen atoms in total. The van der Waals surface area contributed by atoms with Crippen molar-refractivity contribution in [3.8, 4) is 0 Å². The topological polar surface area (TPSA) is 29.5 Å². The zero-order valence-electron chi connectivity index (χ0n) is 10.3. The average molecular weight is 239 g/mol. The molecule has 0 heterocycles. The standard InChI is InChI=1S/C13H18FNO2/c1-3-15(10-13(16)17-4-2)9-11-5-7-12(14)8-6-11/h5-8H,3-4,9-10H2,1-2H3. The smallest absolute Gasteiger partial charge is 0.320 e. The molecule has 0 atom stereocenters. The number of nitrogens with zero attached hydrogens (tertiary/aromatic N) is 1. The largest absolute Gasteiger partial charge is 0.465 e. The van der Waals surface area contributed by atoms with Gasteiger partial charge in [-0.05, 0) is 31.2 Å². The maximum absolute atomic E-state index is 12.7. The van der Waals surface area contributed by atoms with E-state index in [1.165, 1.54) is 12.1 Å². The molecule has 1 rings (SSSR count). The van der Waals surface area contributed by atoms with E-state index in [2.05, 4.69) is 0 Å². The van der Waals surface area contributed by atoms with E-state index in [1.807, 2.05) is 11.8 Å². The second kappa shape index (κ2) is 7.01. The van der Waals surface area contributed by atoms with Crippen LogP contribution >= 0.6 is 0 Å². The minimum absolute atomic E-state index is 0.225. The Bertz CT molecular complexity index is 351. The number of halogens is 1. The third-order valence-corrected chi connectivity index (χ3v) is 2.42. The van der Waals surface area contributed by atoms with E-state index in [-0.39, 0.29) is 18.3 Å². The third kappa shape index (κ3) is 4.95. The normalized spacial score (nSPS) is 10.6. The molecule has 1 aromatic carbocycles. The summed E-state index contributed by atoms with van der Waals surface area (Å²) in [5.74, 6) is -0.473. The first kappa shape index (κ1) is 13.6. The maximum atomic E-state index is 12.7. The van der Waals surface area contributed by atoms with Gasteiger partial charge < -0.3 is 4.74 Å². The number of rotatable bonds is 6. The number of hydrogen-bond donors (Lipinski definition) is 0. The molecule has 0 aromatic heterocycles. The van der Waals surface area contributed by atoms with Crippen molar-refractivity contribution in [1.82, 2.24) is 4.90 Å². The molecule has 0 saturated carbocycles. The summed E-state index contributed by atoms with van der Waals surface area (Å²) < 4.78 is 17.6. The Morgan fingerprint density at radius 3 is 2.47 bits per heavy atom. The highest BCUT2D eigenvalue weighted by Crippen LogP contribution is 2.06. The van der Waals surface area contributed by atoms with Gasteiger partial charge in [-0.3, -0.25) is 9.69 Å². The molecule has 1 aromatic rings. The predicted molar refractivity (Wildman–Crippen MR) is 64.0 cm³/mol. The van der Waals surface area contributed by atoms with Crippen molar-refractivity contribution in [2.75, 3.05) is 19.7 Å². The zero-order chi connectivity index (χ0) is 12.7. The van der Waals surface area contributed by atoms with E-state index in [1.54, 1.807) is 19.1 Å². The zero-order valence-corrected chi connectivity index (χ0v) is 10.3. The summed E-state index contributed by atoms with van der Waals surface area (Å²) in [6.45, 7) is 5.79. The van der Waals surface area contributed by atoms with Crippen LogP contribution in [0.3, 0.4) is 0 Å². The van der Waals surface area contributed by atoms with Gasteiger partial charge in [0.1, 0.15) is 5.82 Å². The van der Waals surface area contributed by atoms with Crippen molar-refractivity contribution in [3.63, 3.8) is 0 Å². The van der Waals surface area contributed by atoms with E-state index >= 15 is 0 Å². The summed E-state index contributed by atoms with van der Waals surface area (Å²) in [6, 6.07) is 6.30. The molecule has 94 valence electrons. The number of hydrogen-bond acceptors (Lipinski definition) is 3. The lowest BCUT2D eigenvalue weighted by atomic mass is 10.2. The lowest BCUT2D eigenvalue weighted by molar-refractivity contribution is -0.144. The number of esters is 1. The summed E-state index contributed by atoms with van der Waals surface area (Å²) in [5.41, 5.74) is 0.984. The molecule has 0 spiro atoms. The minimum Gasteiger partial charge on any atom is -0.465 e. The number of ether oxygens (including phenoxy) is 1. The fraction of sp³-hybridized carbons (Fsp3) is 0.462. The molecule has 0 fully saturated rings. The first-order chi connectivity index (χ1) is 8.15. The maximum Gasteiger partial charge on any atom is 0.320 e. The Kier molecular flexibility index (Phi) is 5.63. The van der Waals surface area contributed by atoms with Crippen molar-refractivity contribution in [2.24, 2.45) is 0 Å². The summed E-state index contributed by atoms with van der Waals surface area (Å²) in [6.07, 6.45) is 0. The number of carbonyl (C=O) groups is 1. The van der Waals surface area contributed by atoms with Crippen LogP contribution in [-0.2, 0) is 16.1 Å². The molecule has 0 aliphatic carbocycles. The van der Waals surface area contributed by atoms with Gasteiger partial charge in [0.15, 0.2) is 0 Å². The highest BCUT2D eigenvalue weighted by Gasteiger charge is 2.10. The quantitative estimate of drug-likeness (QED) is 0.713. The van der Waals surface area contributed by atoms with E-state index < -0.39 is 0 Å². The summed E-state index contributed by atoms with van der Waals surface area (Å²) in [5, 5.41) is 0. The van der Waals surface area contributed by atoms with Crippen molar-refractivity contribution < 1.29 is 13.9 Å². The van der Waals surface area contributed by atoms with Crippen LogP contribution in [-0.4, -0.2) is 30.6 Å². The van der Waals surface area contributed by atoms with E-state index in [9.17, 15) is 9.18 Å². The fourth-order valence-corrected chi connectivity index (χ4v) is 1.52. The Morgan fingerprint density at radius 2 is 1.94 bits per heavy atom.